The molecule has 1 aliphatic heterocycles. The molecule has 9 aromatic carbocycles. The highest BCUT2D eigenvalue weighted by Gasteiger charge is 2.22. The molecule has 2 aromatic heterocycles. The first-order valence-corrected chi connectivity index (χ1v) is 22.1. The van der Waals surface area contributed by atoms with E-state index < -0.39 is 6.17 Å². The minimum Gasteiger partial charge on any atom is -0.324 e. The molecule has 1 unspecified atom stereocenters. The maximum absolute atomic E-state index is 5.36. The Morgan fingerprint density at radius 2 is 0.921 bits per heavy atom. The van der Waals surface area contributed by atoms with Gasteiger partial charge in [0.2, 0.25) is 0 Å². The minimum absolute atomic E-state index is 0.424. The van der Waals surface area contributed by atoms with E-state index in [4.69, 9.17) is 15.0 Å². The van der Waals surface area contributed by atoms with Gasteiger partial charge in [0.15, 0.2) is 6.17 Å². The molecule has 0 radical (unpaired) electrons. The summed E-state index contributed by atoms with van der Waals surface area (Å²) in [6, 6.07) is 77.5. The first-order valence-electron chi connectivity index (χ1n) is 21.3. The molecule has 0 aliphatic carbocycles. The topological polar surface area (TPSA) is 49.6 Å². The second kappa shape index (κ2) is 15.5. The summed E-state index contributed by atoms with van der Waals surface area (Å²) in [5.74, 6) is 1.59. The molecule has 0 fully saturated rings. The van der Waals surface area contributed by atoms with Crippen molar-refractivity contribution in [1.82, 2.24) is 10.3 Å². The van der Waals surface area contributed by atoms with Gasteiger partial charge in [0.25, 0.3) is 0 Å². The molecule has 0 spiro atoms. The SMILES string of the molecule is c1ccc(C2=NC(c3ccc(-c4ccc5c(c4)nc(-c4ccccc4)c4cccc(-c6ccccc6)c45)cc3)N=C(c3ccc(-c4cccc5c4sc4ccccc45)cc3)N2)cc1. The number of aliphatic imine (C=N–C) groups is 2. The van der Waals surface area contributed by atoms with Crippen LogP contribution in [0.2, 0.25) is 0 Å². The lowest BCUT2D eigenvalue weighted by Crippen LogP contribution is -2.36. The molecule has 3 heterocycles. The number of hydrogen-bond donors (Lipinski definition) is 1. The Balaban J connectivity index is 0.906. The maximum atomic E-state index is 5.36. The number of hydrogen-bond acceptors (Lipinski definition) is 5. The average molecular weight is 823 g/mol. The summed E-state index contributed by atoms with van der Waals surface area (Å²) >= 11 is 1.86. The summed E-state index contributed by atoms with van der Waals surface area (Å²) in [7, 11) is 0. The normalized spacial score (nSPS) is 13.9. The molecule has 0 saturated carbocycles. The molecule has 1 N–H and O–H groups in total. The van der Waals surface area contributed by atoms with Gasteiger partial charge in [-0.25, -0.2) is 15.0 Å². The molecule has 12 rings (SSSR count). The van der Waals surface area contributed by atoms with Crippen LogP contribution in [-0.4, -0.2) is 16.7 Å². The molecular weight excluding hydrogens is 785 g/mol. The van der Waals surface area contributed by atoms with Gasteiger partial charge < -0.3 is 5.32 Å². The molecule has 296 valence electrons. The predicted octanol–water partition coefficient (Wildman–Crippen LogP) is 14.9. The van der Waals surface area contributed by atoms with Crippen molar-refractivity contribution in [3.05, 3.63) is 235 Å². The largest absolute Gasteiger partial charge is 0.324 e. The summed E-state index contributed by atoms with van der Waals surface area (Å²) in [5.41, 5.74) is 13.1. The minimum atomic E-state index is -0.424. The van der Waals surface area contributed by atoms with Crippen LogP contribution in [0.15, 0.2) is 228 Å². The summed E-state index contributed by atoms with van der Waals surface area (Å²) in [4.78, 5) is 15.8. The van der Waals surface area contributed by atoms with Crippen LogP contribution in [0.5, 0.6) is 0 Å². The number of rotatable bonds is 7. The third kappa shape index (κ3) is 6.67. The summed E-state index contributed by atoms with van der Waals surface area (Å²) in [6.45, 7) is 0. The molecule has 63 heavy (non-hydrogen) atoms. The molecule has 0 amide bonds. The van der Waals surface area contributed by atoms with Crippen LogP contribution in [0.3, 0.4) is 0 Å². The van der Waals surface area contributed by atoms with Crippen LogP contribution in [0.1, 0.15) is 22.9 Å². The fourth-order valence-corrected chi connectivity index (χ4v) is 10.3. The number of thiophene rings is 1. The number of benzene rings is 9. The zero-order valence-electron chi connectivity index (χ0n) is 34.1. The molecule has 0 saturated heterocycles. The second-order valence-electron chi connectivity index (χ2n) is 16.0. The Morgan fingerprint density at radius 3 is 1.65 bits per heavy atom. The van der Waals surface area contributed by atoms with Gasteiger partial charge in [-0.05, 0) is 51.1 Å². The third-order valence-electron chi connectivity index (χ3n) is 12.2. The average Bonchev–Trinajstić information content (AvgIpc) is 3.76. The lowest BCUT2D eigenvalue weighted by Gasteiger charge is -2.22. The van der Waals surface area contributed by atoms with Gasteiger partial charge >= 0.3 is 0 Å². The van der Waals surface area contributed by atoms with E-state index in [1.807, 2.05) is 29.5 Å². The van der Waals surface area contributed by atoms with Crippen LogP contribution in [0.25, 0.3) is 86.5 Å². The molecule has 1 atom stereocenters. The highest BCUT2D eigenvalue weighted by Crippen LogP contribution is 2.41. The molecule has 5 heteroatoms. The van der Waals surface area contributed by atoms with Gasteiger partial charge in [0, 0.05) is 53.0 Å². The van der Waals surface area contributed by atoms with E-state index >= 15 is 0 Å². The van der Waals surface area contributed by atoms with Crippen molar-refractivity contribution < 1.29 is 0 Å². The quantitative estimate of drug-likeness (QED) is 0.163. The highest BCUT2D eigenvalue weighted by atomic mass is 32.1. The second-order valence-corrected chi connectivity index (χ2v) is 17.0. The van der Waals surface area contributed by atoms with Crippen molar-refractivity contribution in [1.29, 1.82) is 0 Å². The Labute approximate surface area is 369 Å². The van der Waals surface area contributed by atoms with E-state index in [0.717, 1.165) is 67.0 Å². The molecule has 0 bridgehead atoms. The third-order valence-corrected chi connectivity index (χ3v) is 13.4. The number of nitrogens with one attached hydrogen (secondary N) is 1. The number of aromatic nitrogens is 1. The fourth-order valence-electron chi connectivity index (χ4n) is 9.03. The van der Waals surface area contributed by atoms with Gasteiger partial charge in [-0.3, -0.25) is 0 Å². The van der Waals surface area contributed by atoms with Crippen molar-refractivity contribution in [3.8, 4) is 44.6 Å². The lowest BCUT2D eigenvalue weighted by molar-refractivity contribution is 0.756. The molecule has 11 aromatic rings. The monoisotopic (exact) mass is 822 g/mol. The first-order chi connectivity index (χ1) is 31.2. The Hall–Kier alpha value is -7.99. The fraction of sp³-hybridized carbons (Fsp3) is 0.0172. The van der Waals surface area contributed by atoms with Crippen molar-refractivity contribution in [2.45, 2.75) is 6.17 Å². The van der Waals surface area contributed by atoms with Crippen LogP contribution >= 0.6 is 11.3 Å². The molecule has 4 nitrogen and oxygen atoms in total. The van der Waals surface area contributed by atoms with E-state index in [9.17, 15) is 0 Å². The van der Waals surface area contributed by atoms with Crippen molar-refractivity contribution >= 4 is 64.9 Å². The van der Waals surface area contributed by atoms with Crippen LogP contribution in [0, 0.1) is 0 Å². The summed E-state index contributed by atoms with van der Waals surface area (Å²) < 4.78 is 2.62. The maximum Gasteiger partial charge on any atom is 0.169 e. The zero-order valence-corrected chi connectivity index (χ0v) is 34.9. The van der Waals surface area contributed by atoms with E-state index in [0.29, 0.717) is 0 Å². The standard InChI is InChI=1S/C58H38N4S/c1-4-14-38(15-5-1)45-21-12-24-50-53(45)49-35-34-44(36-51(49)59-54(50)40-16-6-2-7-17-40)37-26-30-42(31-27-37)57-60-56(41-18-8-3-9-19-41)61-58(62-57)43-32-28-39(29-33-43)46-22-13-23-48-47-20-10-11-25-52(47)63-55(46)48/h1-36,57H,(H,60,61,62). The highest BCUT2D eigenvalue weighted by molar-refractivity contribution is 7.26. The lowest BCUT2D eigenvalue weighted by atomic mass is 9.92. The van der Waals surface area contributed by atoms with Gasteiger partial charge in [0.05, 0.1) is 11.2 Å². The van der Waals surface area contributed by atoms with E-state index in [-0.39, 0.29) is 0 Å². The van der Waals surface area contributed by atoms with Crippen LogP contribution in [0.4, 0.5) is 0 Å². The van der Waals surface area contributed by atoms with Gasteiger partial charge in [-0.1, -0.05) is 206 Å². The number of amidine groups is 2. The smallest absolute Gasteiger partial charge is 0.169 e. The van der Waals surface area contributed by atoms with Gasteiger partial charge in [-0.15, -0.1) is 11.3 Å². The first kappa shape index (κ1) is 36.8. The number of fused-ring (bicyclic) bond motifs is 6. The molecule has 1 aliphatic rings. The van der Waals surface area contributed by atoms with Crippen LogP contribution in [-0.2, 0) is 0 Å². The predicted molar refractivity (Wildman–Crippen MR) is 266 cm³/mol. The summed E-state index contributed by atoms with van der Waals surface area (Å²) in [6.07, 6.45) is -0.424. The zero-order chi connectivity index (χ0) is 41.7. The Kier molecular flexibility index (Phi) is 9.05. The van der Waals surface area contributed by atoms with E-state index in [2.05, 4.69) is 206 Å². The summed E-state index contributed by atoms with van der Waals surface area (Å²) in [5, 5.41) is 9.68. The van der Waals surface area contributed by atoms with Crippen molar-refractivity contribution in [2.75, 3.05) is 0 Å². The van der Waals surface area contributed by atoms with Crippen LogP contribution < -0.4 is 5.32 Å². The van der Waals surface area contributed by atoms with E-state index in [1.165, 1.54) is 47.8 Å². The van der Waals surface area contributed by atoms with Crippen molar-refractivity contribution in [2.24, 2.45) is 9.98 Å². The Bertz CT molecular complexity index is 3560. The van der Waals surface area contributed by atoms with E-state index in [1.54, 1.807) is 0 Å². The Morgan fingerprint density at radius 1 is 0.381 bits per heavy atom. The number of nitrogens with zero attached hydrogens (tertiary/aromatic N) is 3. The molecular formula is C58H38N4S. The van der Waals surface area contributed by atoms with Gasteiger partial charge in [0.1, 0.15) is 11.7 Å². The van der Waals surface area contributed by atoms with Gasteiger partial charge in [-0.2, -0.15) is 0 Å². The number of pyridine rings is 1. The van der Waals surface area contributed by atoms with Crippen molar-refractivity contribution in [3.63, 3.8) is 0 Å².